The number of hydrogen-bond acceptors (Lipinski definition) is 4. The second kappa shape index (κ2) is 5.77. The van der Waals surface area contributed by atoms with Crippen LogP contribution in [-0.2, 0) is 0 Å². The molecule has 17 heavy (non-hydrogen) atoms. The van der Waals surface area contributed by atoms with Crippen LogP contribution in [-0.4, -0.2) is 40.4 Å². The summed E-state index contributed by atoms with van der Waals surface area (Å²) in [7, 11) is 3.37. The molecule has 1 N–H and O–H groups in total. The van der Waals surface area contributed by atoms with Gasteiger partial charge < -0.3 is 19.7 Å². The number of nitrogens with zero attached hydrogens (tertiary/aromatic N) is 1. The maximum Gasteiger partial charge on any atom is 0.124 e. The van der Waals surface area contributed by atoms with Gasteiger partial charge in [0.05, 0.1) is 14.2 Å². The Morgan fingerprint density at radius 3 is 2.35 bits per heavy atom. The molecule has 0 unspecified atom stereocenters. The summed E-state index contributed by atoms with van der Waals surface area (Å²) in [4.78, 5) is 2.37. The van der Waals surface area contributed by atoms with Crippen LogP contribution in [0.5, 0.6) is 11.5 Å². The molecule has 2 rings (SSSR count). The molecule has 0 saturated carbocycles. The minimum atomic E-state index is 0.844. The van der Waals surface area contributed by atoms with Crippen LogP contribution in [0.4, 0.5) is 5.69 Å². The molecule has 1 fully saturated rings. The van der Waals surface area contributed by atoms with Gasteiger partial charge in [-0.05, 0) is 13.0 Å². The monoisotopic (exact) mass is 236 g/mol. The lowest BCUT2D eigenvalue weighted by molar-refractivity contribution is 0.394. The van der Waals surface area contributed by atoms with E-state index in [1.54, 1.807) is 14.2 Å². The van der Waals surface area contributed by atoms with Crippen LogP contribution < -0.4 is 19.7 Å². The fourth-order valence-electron chi connectivity index (χ4n) is 2.08. The van der Waals surface area contributed by atoms with Crippen molar-refractivity contribution < 1.29 is 9.47 Å². The molecule has 94 valence electrons. The first-order chi connectivity index (χ1) is 8.33. The van der Waals surface area contributed by atoms with E-state index in [-0.39, 0.29) is 0 Å². The Labute approximate surface area is 103 Å². The number of anilines is 1. The van der Waals surface area contributed by atoms with E-state index in [0.717, 1.165) is 37.7 Å². The predicted octanol–water partition coefficient (Wildman–Crippen LogP) is 1.50. The minimum Gasteiger partial charge on any atom is -0.497 e. The number of ether oxygens (including phenoxy) is 2. The van der Waals surface area contributed by atoms with Crippen LogP contribution in [0.15, 0.2) is 18.2 Å². The lowest BCUT2D eigenvalue weighted by Gasteiger charge is -2.23. The van der Waals surface area contributed by atoms with E-state index in [0.29, 0.717) is 0 Å². The van der Waals surface area contributed by atoms with Gasteiger partial charge in [-0.25, -0.2) is 0 Å². The first-order valence-electron chi connectivity index (χ1n) is 6.02. The Hall–Kier alpha value is -1.42. The zero-order chi connectivity index (χ0) is 12.1. The Kier molecular flexibility index (Phi) is 4.09. The normalized spacial score (nSPS) is 16.5. The van der Waals surface area contributed by atoms with E-state index in [4.69, 9.17) is 9.47 Å². The van der Waals surface area contributed by atoms with E-state index in [2.05, 4.69) is 22.3 Å². The van der Waals surface area contributed by atoms with Gasteiger partial charge in [-0.15, -0.1) is 0 Å². The third-order valence-electron chi connectivity index (χ3n) is 3.04. The standard InChI is InChI=1S/C13H20N2O2/c1-16-12-8-11(9-13(10-12)17-2)15-6-3-4-14-5-7-15/h8-10,14H,3-7H2,1-2H3. The summed E-state index contributed by atoms with van der Waals surface area (Å²) in [6.45, 7) is 4.22. The fraction of sp³-hybridized carbons (Fsp3) is 0.538. The largest absolute Gasteiger partial charge is 0.497 e. The highest BCUT2D eigenvalue weighted by Crippen LogP contribution is 2.28. The summed E-state index contributed by atoms with van der Waals surface area (Å²) in [5, 5.41) is 3.40. The van der Waals surface area contributed by atoms with E-state index in [9.17, 15) is 0 Å². The van der Waals surface area contributed by atoms with E-state index < -0.39 is 0 Å². The van der Waals surface area contributed by atoms with Gasteiger partial charge in [0.1, 0.15) is 11.5 Å². The molecule has 1 aromatic carbocycles. The second-order valence-electron chi connectivity index (χ2n) is 4.16. The van der Waals surface area contributed by atoms with Gasteiger partial charge in [-0.3, -0.25) is 0 Å². The summed E-state index contributed by atoms with van der Waals surface area (Å²) < 4.78 is 10.6. The predicted molar refractivity (Wildman–Crippen MR) is 69.2 cm³/mol. The highest BCUT2D eigenvalue weighted by molar-refractivity contribution is 5.55. The maximum absolute atomic E-state index is 5.30. The number of methoxy groups -OCH3 is 2. The molecule has 1 aromatic rings. The first kappa shape index (κ1) is 12.0. The third kappa shape index (κ3) is 3.03. The molecular weight excluding hydrogens is 216 g/mol. The van der Waals surface area contributed by atoms with Gasteiger partial charge in [-0.1, -0.05) is 0 Å². The first-order valence-corrected chi connectivity index (χ1v) is 6.02. The van der Waals surface area contributed by atoms with Gasteiger partial charge in [0, 0.05) is 43.5 Å². The van der Waals surface area contributed by atoms with E-state index in [1.165, 1.54) is 12.1 Å². The molecule has 0 spiro atoms. The molecular formula is C13H20N2O2. The molecule has 1 aliphatic heterocycles. The number of hydrogen-bond donors (Lipinski definition) is 1. The molecule has 0 bridgehead atoms. The zero-order valence-corrected chi connectivity index (χ0v) is 10.5. The van der Waals surface area contributed by atoms with Gasteiger partial charge in [-0.2, -0.15) is 0 Å². The van der Waals surface area contributed by atoms with Crippen LogP contribution in [0.2, 0.25) is 0 Å². The lowest BCUT2D eigenvalue weighted by Crippen LogP contribution is -2.27. The van der Waals surface area contributed by atoms with Crippen molar-refractivity contribution in [2.75, 3.05) is 45.3 Å². The van der Waals surface area contributed by atoms with Crippen LogP contribution in [0, 0.1) is 0 Å². The quantitative estimate of drug-likeness (QED) is 0.862. The zero-order valence-electron chi connectivity index (χ0n) is 10.5. The summed E-state index contributed by atoms with van der Waals surface area (Å²) in [6.07, 6.45) is 1.17. The average Bonchev–Trinajstić information content (AvgIpc) is 2.67. The van der Waals surface area contributed by atoms with Crippen molar-refractivity contribution in [2.24, 2.45) is 0 Å². The number of nitrogens with one attached hydrogen (secondary N) is 1. The SMILES string of the molecule is COc1cc(OC)cc(N2CCCNCC2)c1. The molecule has 0 aliphatic carbocycles. The molecule has 0 radical (unpaired) electrons. The summed E-state index contributed by atoms with van der Waals surface area (Å²) in [5.41, 5.74) is 1.17. The second-order valence-corrected chi connectivity index (χ2v) is 4.16. The topological polar surface area (TPSA) is 33.7 Å². The Bertz CT molecular complexity index is 338. The van der Waals surface area contributed by atoms with E-state index >= 15 is 0 Å². The van der Waals surface area contributed by atoms with Crippen molar-refractivity contribution in [2.45, 2.75) is 6.42 Å². The Morgan fingerprint density at radius 2 is 1.71 bits per heavy atom. The molecule has 1 aliphatic rings. The van der Waals surface area contributed by atoms with Gasteiger partial charge in [0.2, 0.25) is 0 Å². The van der Waals surface area contributed by atoms with Crippen LogP contribution in [0.25, 0.3) is 0 Å². The Balaban J connectivity index is 2.22. The van der Waals surface area contributed by atoms with Gasteiger partial charge in [0.15, 0.2) is 0 Å². The smallest absolute Gasteiger partial charge is 0.124 e. The van der Waals surface area contributed by atoms with Crippen molar-refractivity contribution in [3.63, 3.8) is 0 Å². The molecule has 4 nitrogen and oxygen atoms in total. The van der Waals surface area contributed by atoms with Crippen LogP contribution in [0.3, 0.4) is 0 Å². The highest BCUT2D eigenvalue weighted by atomic mass is 16.5. The Morgan fingerprint density at radius 1 is 1.00 bits per heavy atom. The van der Waals surface area contributed by atoms with Crippen molar-refractivity contribution in [1.82, 2.24) is 5.32 Å². The molecule has 0 amide bonds. The summed E-state index contributed by atoms with van der Waals surface area (Å²) in [6, 6.07) is 6.03. The summed E-state index contributed by atoms with van der Waals surface area (Å²) >= 11 is 0. The number of rotatable bonds is 3. The molecule has 4 heteroatoms. The molecule has 1 heterocycles. The lowest BCUT2D eigenvalue weighted by atomic mass is 10.2. The van der Waals surface area contributed by atoms with Crippen molar-refractivity contribution >= 4 is 5.69 Å². The van der Waals surface area contributed by atoms with Crippen LogP contribution >= 0.6 is 0 Å². The van der Waals surface area contributed by atoms with Gasteiger partial charge >= 0.3 is 0 Å². The third-order valence-corrected chi connectivity index (χ3v) is 3.04. The fourth-order valence-corrected chi connectivity index (χ4v) is 2.08. The van der Waals surface area contributed by atoms with Crippen molar-refractivity contribution in [1.29, 1.82) is 0 Å². The molecule has 0 aromatic heterocycles. The summed E-state index contributed by atoms with van der Waals surface area (Å²) in [5.74, 6) is 1.69. The van der Waals surface area contributed by atoms with Crippen LogP contribution in [0.1, 0.15) is 6.42 Å². The molecule has 1 saturated heterocycles. The van der Waals surface area contributed by atoms with E-state index in [1.807, 2.05) is 6.07 Å². The van der Waals surface area contributed by atoms with Crippen molar-refractivity contribution in [3.05, 3.63) is 18.2 Å². The van der Waals surface area contributed by atoms with Crippen molar-refractivity contribution in [3.8, 4) is 11.5 Å². The van der Waals surface area contributed by atoms with Gasteiger partial charge in [0.25, 0.3) is 0 Å². The number of benzene rings is 1. The minimum absolute atomic E-state index is 0.844. The maximum atomic E-state index is 5.30. The molecule has 0 atom stereocenters. The average molecular weight is 236 g/mol. The highest BCUT2D eigenvalue weighted by Gasteiger charge is 2.11.